The summed E-state index contributed by atoms with van der Waals surface area (Å²) in [5.74, 6) is 0. The van der Waals surface area contributed by atoms with Gasteiger partial charge >= 0.3 is 7.60 Å². The number of likely N-dealkylation sites (N-methyl/N-ethyl adjacent to an activating group) is 1. The van der Waals surface area contributed by atoms with E-state index in [1.165, 1.54) is 38.5 Å². The van der Waals surface area contributed by atoms with Crippen LogP contribution in [0.4, 0.5) is 0 Å². The summed E-state index contributed by atoms with van der Waals surface area (Å²) < 4.78 is 12.0. The van der Waals surface area contributed by atoms with Gasteiger partial charge in [-0.15, -0.1) is 0 Å². The van der Waals surface area contributed by atoms with Crippen LogP contribution >= 0.6 is 7.60 Å². The summed E-state index contributed by atoms with van der Waals surface area (Å²) >= 11 is 0. The molecule has 1 atom stereocenters. The maximum absolute atomic E-state index is 11.7. The molecule has 0 aromatic rings. The molecular weight excluding hydrogens is 361 g/mol. The summed E-state index contributed by atoms with van der Waals surface area (Å²) in [7, 11) is 0.919. The van der Waals surface area contributed by atoms with Gasteiger partial charge in [0.1, 0.15) is 6.54 Å². The summed E-state index contributed by atoms with van der Waals surface area (Å²) in [6.07, 6.45) is 19.8. The fraction of sp³-hybridized carbons (Fsp3) is 0.810. The second-order valence-corrected chi connectivity index (χ2v) is 10.5. The Morgan fingerprint density at radius 3 is 1.67 bits per heavy atom. The average Bonchev–Trinajstić information content (AvgIpc) is 2.52. The highest BCUT2D eigenvalue weighted by Crippen LogP contribution is 2.52. The molecule has 0 aliphatic rings. The summed E-state index contributed by atoms with van der Waals surface area (Å²) in [4.78, 5) is 19.1. The second-order valence-electron chi connectivity index (χ2n) is 8.59. The highest BCUT2D eigenvalue weighted by molar-refractivity contribution is 7.53. The normalized spacial score (nSPS) is 15.7. The molecule has 0 aromatic carbocycles. The fourth-order valence-corrected chi connectivity index (χ4v) is 4.14. The van der Waals surface area contributed by atoms with Crippen LogP contribution in [-0.4, -0.2) is 52.4 Å². The monoisotopic (exact) mass is 404 g/mol. The van der Waals surface area contributed by atoms with Crippen molar-refractivity contribution in [2.45, 2.75) is 82.9 Å². The minimum Gasteiger partial charge on any atom is -0.373 e. The Kier molecular flexibility index (Phi) is 13.5. The van der Waals surface area contributed by atoms with Crippen LogP contribution in [0.5, 0.6) is 0 Å². The molecule has 5 nitrogen and oxygen atoms in total. The van der Waals surface area contributed by atoms with Crippen LogP contribution in [0.25, 0.3) is 0 Å². The van der Waals surface area contributed by atoms with Crippen molar-refractivity contribution in [3.63, 3.8) is 0 Å². The van der Waals surface area contributed by atoms with Crippen molar-refractivity contribution in [3.8, 4) is 0 Å². The van der Waals surface area contributed by atoms with Gasteiger partial charge in [0.15, 0.2) is 0 Å². The summed E-state index contributed by atoms with van der Waals surface area (Å²) in [5.41, 5.74) is 0. The molecule has 0 spiro atoms. The molecule has 6 heteroatoms. The lowest BCUT2D eigenvalue weighted by molar-refractivity contribution is -0.875. The molecule has 0 radical (unpaired) electrons. The first-order chi connectivity index (χ1) is 12.5. The lowest BCUT2D eigenvalue weighted by Gasteiger charge is -2.35. The highest BCUT2D eigenvalue weighted by Gasteiger charge is 2.48. The number of aliphatic hydroxyl groups is 1. The van der Waals surface area contributed by atoms with Crippen molar-refractivity contribution in [1.82, 2.24) is 0 Å². The van der Waals surface area contributed by atoms with Crippen molar-refractivity contribution in [1.29, 1.82) is 0 Å². The fourth-order valence-electron chi connectivity index (χ4n) is 3.09. The summed E-state index contributed by atoms with van der Waals surface area (Å²) in [6, 6.07) is 0. The lowest BCUT2D eigenvalue weighted by atomic mass is 10.1. The van der Waals surface area contributed by atoms with Gasteiger partial charge in [0.25, 0.3) is 0 Å². The Balaban J connectivity index is 3.90. The first kappa shape index (κ1) is 26.6. The third kappa shape index (κ3) is 14.2. The minimum absolute atomic E-state index is 0.0424. The predicted octanol–water partition coefficient (Wildman–Crippen LogP) is 4.98. The van der Waals surface area contributed by atoms with Gasteiger partial charge < -0.3 is 19.4 Å². The Bertz CT molecular complexity index is 479. The molecule has 0 bridgehead atoms. The number of hydrogen-bond acceptors (Lipinski definition) is 2. The third-order valence-corrected chi connectivity index (χ3v) is 5.95. The Labute approximate surface area is 166 Å². The van der Waals surface area contributed by atoms with Crippen LogP contribution in [0.3, 0.4) is 0 Å². The van der Waals surface area contributed by atoms with E-state index in [0.29, 0.717) is 10.9 Å². The number of unbranched alkanes of at least 4 members (excludes halogenated alkanes) is 7. The number of hydrogen-bond donors (Lipinski definition) is 3. The van der Waals surface area contributed by atoms with E-state index in [-0.39, 0.29) is 13.0 Å². The molecule has 27 heavy (non-hydrogen) atoms. The summed E-state index contributed by atoms with van der Waals surface area (Å²) in [5, 5.41) is 8.54. The molecule has 0 saturated heterocycles. The smallest absolute Gasteiger partial charge is 0.362 e. The Hall–Kier alpha value is -0.450. The lowest BCUT2D eigenvalue weighted by Crippen LogP contribution is -2.49. The van der Waals surface area contributed by atoms with E-state index in [4.69, 9.17) is 0 Å². The maximum atomic E-state index is 11.7. The maximum Gasteiger partial charge on any atom is 0.362 e. The zero-order chi connectivity index (χ0) is 20.8. The van der Waals surface area contributed by atoms with E-state index >= 15 is 0 Å². The Morgan fingerprint density at radius 2 is 1.26 bits per heavy atom. The molecule has 0 rings (SSSR count). The van der Waals surface area contributed by atoms with Crippen molar-refractivity contribution in [2.75, 3.05) is 27.7 Å². The van der Waals surface area contributed by atoms with E-state index in [1.807, 2.05) is 21.1 Å². The topological polar surface area (TPSA) is 77.8 Å². The van der Waals surface area contributed by atoms with Gasteiger partial charge in [-0.1, -0.05) is 44.1 Å². The molecule has 0 amide bonds. The molecule has 0 aliphatic carbocycles. The molecule has 1 unspecified atom stereocenters. The van der Waals surface area contributed by atoms with Crippen LogP contribution in [0.1, 0.15) is 77.6 Å². The standard InChI is InChI=1S/C21H42NO4P/c1-5-6-7-8-9-10-11-12-13-14-15-16-17-18-19-21(23,27(24,25)26)20-22(2,3)4/h7-8,14-15,23H,5-6,9-13,16-20H2,1-4H3,(H-,24,25,26)/p+1/b8-7-,15-14-. The highest BCUT2D eigenvalue weighted by atomic mass is 31.2. The average molecular weight is 405 g/mol. The SMILES string of the molecule is CCC/C=C\CCCCC/C=C\CCCCC(O)(C[N+](C)(C)C)P(=O)(O)O. The molecule has 0 aliphatic heterocycles. The summed E-state index contributed by atoms with van der Waals surface area (Å²) in [6.45, 7) is 2.24. The zero-order valence-corrected chi connectivity index (χ0v) is 18.8. The largest absolute Gasteiger partial charge is 0.373 e. The quantitative estimate of drug-likeness (QED) is 0.147. The molecule has 0 fully saturated rings. The van der Waals surface area contributed by atoms with Crippen LogP contribution in [0.2, 0.25) is 0 Å². The number of rotatable bonds is 16. The minimum atomic E-state index is -4.55. The first-order valence-corrected chi connectivity index (χ1v) is 12.0. The zero-order valence-electron chi connectivity index (χ0n) is 17.9. The van der Waals surface area contributed by atoms with Gasteiger partial charge in [0.05, 0.1) is 21.1 Å². The van der Waals surface area contributed by atoms with Gasteiger partial charge in [-0.2, -0.15) is 0 Å². The molecule has 3 N–H and O–H groups in total. The van der Waals surface area contributed by atoms with Gasteiger partial charge in [0, 0.05) is 0 Å². The van der Waals surface area contributed by atoms with E-state index in [1.54, 1.807) is 0 Å². The number of nitrogens with zero attached hydrogens (tertiary/aromatic N) is 1. The van der Waals surface area contributed by atoms with Crippen molar-refractivity contribution < 1.29 is 23.9 Å². The third-order valence-electron chi connectivity index (χ3n) is 4.50. The van der Waals surface area contributed by atoms with E-state index in [2.05, 4.69) is 31.2 Å². The number of quaternary nitrogens is 1. The predicted molar refractivity (Wildman–Crippen MR) is 115 cm³/mol. The van der Waals surface area contributed by atoms with E-state index in [9.17, 15) is 19.5 Å². The van der Waals surface area contributed by atoms with Gasteiger partial charge in [-0.3, -0.25) is 4.57 Å². The van der Waals surface area contributed by atoms with Crippen LogP contribution in [-0.2, 0) is 4.57 Å². The molecule has 160 valence electrons. The van der Waals surface area contributed by atoms with Crippen molar-refractivity contribution in [3.05, 3.63) is 24.3 Å². The van der Waals surface area contributed by atoms with Gasteiger partial charge in [-0.25, -0.2) is 0 Å². The Morgan fingerprint density at radius 1 is 0.815 bits per heavy atom. The first-order valence-electron chi connectivity index (χ1n) is 10.4. The van der Waals surface area contributed by atoms with Crippen molar-refractivity contribution >= 4 is 7.60 Å². The van der Waals surface area contributed by atoms with Crippen LogP contribution in [0, 0.1) is 0 Å². The van der Waals surface area contributed by atoms with Crippen molar-refractivity contribution in [2.24, 2.45) is 0 Å². The number of allylic oxidation sites excluding steroid dienone is 4. The molecule has 0 aromatic heterocycles. The van der Waals surface area contributed by atoms with Crippen LogP contribution < -0.4 is 0 Å². The molecular formula is C21H43NO4P+. The molecule has 0 heterocycles. The second kappa shape index (κ2) is 13.7. The van der Waals surface area contributed by atoms with E-state index in [0.717, 1.165) is 19.3 Å². The van der Waals surface area contributed by atoms with Gasteiger partial charge in [0.2, 0.25) is 5.34 Å². The van der Waals surface area contributed by atoms with E-state index < -0.39 is 12.9 Å². The van der Waals surface area contributed by atoms with Crippen LogP contribution in [0.15, 0.2) is 24.3 Å². The molecule has 0 saturated carbocycles. The van der Waals surface area contributed by atoms with Gasteiger partial charge in [-0.05, 0) is 57.8 Å².